The normalized spacial score (nSPS) is 24.2. The van der Waals surface area contributed by atoms with E-state index in [0.29, 0.717) is 11.8 Å². The predicted molar refractivity (Wildman–Crippen MR) is 115 cm³/mol. The van der Waals surface area contributed by atoms with Crippen LogP contribution in [0.3, 0.4) is 0 Å². The molecule has 3 aliphatic carbocycles. The van der Waals surface area contributed by atoms with Crippen molar-refractivity contribution in [2.24, 2.45) is 10.8 Å². The summed E-state index contributed by atoms with van der Waals surface area (Å²) >= 11 is 0. The number of aromatic nitrogens is 4. The van der Waals surface area contributed by atoms with Crippen LogP contribution in [-0.4, -0.2) is 50.6 Å². The fraction of sp³-hybridized carbons (Fsp3) is 0.458. The number of benzene rings is 2. The molecule has 0 radical (unpaired) electrons. The van der Waals surface area contributed by atoms with Crippen molar-refractivity contribution >= 4 is 0 Å². The van der Waals surface area contributed by atoms with Crippen LogP contribution in [0.5, 0.6) is 11.5 Å². The predicted octanol–water partition coefficient (Wildman–Crippen LogP) is 4.66. The lowest BCUT2D eigenvalue weighted by atomic mass is 9.32. The van der Waals surface area contributed by atoms with Gasteiger partial charge in [0.15, 0.2) is 12.2 Å². The van der Waals surface area contributed by atoms with Crippen molar-refractivity contribution in [2.45, 2.75) is 43.5 Å². The molecule has 0 aliphatic heterocycles. The van der Waals surface area contributed by atoms with E-state index >= 15 is 8.78 Å². The van der Waals surface area contributed by atoms with Gasteiger partial charge < -0.3 is 14.6 Å². The number of aliphatic hydroxyl groups is 1. The number of ether oxygens (including phenoxy) is 2. The summed E-state index contributed by atoms with van der Waals surface area (Å²) in [4.78, 5) is 0. The lowest BCUT2D eigenvalue weighted by Crippen LogP contribution is -2.75. The Labute approximate surface area is 211 Å². The average molecular weight is 546 g/mol. The number of rotatable bonds is 10. The molecule has 0 spiro atoms. The van der Waals surface area contributed by atoms with Crippen molar-refractivity contribution in [3.63, 3.8) is 0 Å². The molecule has 1 atom stereocenters. The van der Waals surface area contributed by atoms with Gasteiger partial charge in [-0.3, -0.25) is 0 Å². The molecule has 0 saturated heterocycles. The van der Waals surface area contributed by atoms with Crippen molar-refractivity contribution in [3.8, 4) is 11.5 Å². The Bertz CT molecular complexity index is 1280. The van der Waals surface area contributed by atoms with Crippen LogP contribution in [0.15, 0.2) is 48.8 Å². The lowest BCUT2D eigenvalue weighted by Gasteiger charge is -2.73. The van der Waals surface area contributed by atoms with Crippen LogP contribution in [-0.2, 0) is 12.1 Å². The van der Waals surface area contributed by atoms with E-state index in [1.54, 1.807) is 0 Å². The Hall–Kier alpha value is -3.42. The Morgan fingerprint density at radius 2 is 1.55 bits per heavy atom. The van der Waals surface area contributed by atoms with E-state index < -0.39 is 58.9 Å². The van der Waals surface area contributed by atoms with Gasteiger partial charge in [0.25, 0.3) is 5.92 Å². The Morgan fingerprint density at radius 3 is 2.11 bits per heavy atom. The number of hydrogen-bond acceptors (Lipinski definition) is 6. The molecule has 14 heteroatoms. The maximum atomic E-state index is 16.1. The number of hydrogen-bond donors (Lipinski definition) is 1. The third kappa shape index (κ3) is 4.44. The molecule has 38 heavy (non-hydrogen) atoms. The summed E-state index contributed by atoms with van der Waals surface area (Å²) in [5.74, 6) is -5.86. The van der Waals surface area contributed by atoms with Gasteiger partial charge in [0.05, 0.1) is 13.2 Å². The quantitative estimate of drug-likeness (QED) is 0.373. The lowest BCUT2D eigenvalue weighted by molar-refractivity contribution is -0.373. The zero-order valence-electron chi connectivity index (χ0n) is 19.6. The van der Waals surface area contributed by atoms with Crippen molar-refractivity contribution in [1.29, 1.82) is 0 Å². The van der Waals surface area contributed by atoms with Crippen molar-refractivity contribution in [3.05, 3.63) is 66.0 Å². The molecule has 0 unspecified atom stereocenters. The Morgan fingerprint density at radius 1 is 0.921 bits per heavy atom. The minimum absolute atomic E-state index is 0.00585. The molecular formula is C24H21F7N4O3. The van der Waals surface area contributed by atoms with E-state index in [-0.39, 0.29) is 31.6 Å². The molecular weight excluding hydrogens is 525 g/mol. The highest BCUT2D eigenvalue weighted by atomic mass is 19.4. The van der Waals surface area contributed by atoms with Crippen LogP contribution < -0.4 is 9.47 Å². The molecule has 2 aromatic carbocycles. The van der Waals surface area contributed by atoms with Gasteiger partial charge in [0.1, 0.15) is 29.5 Å². The van der Waals surface area contributed by atoms with E-state index in [4.69, 9.17) is 4.74 Å². The molecule has 1 aromatic heterocycles. The molecule has 3 aromatic rings. The van der Waals surface area contributed by atoms with Crippen molar-refractivity contribution in [1.82, 2.24) is 20.2 Å². The summed E-state index contributed by atoms with van der Waals surface area (Å²) in [6.07, 6.45) is -3.56. The van der Waals surface area contributed by atoms with Gasteiger partial charge >= 0.3 is 6.18 Å². The molecule has 7 nitrogen and oxygen atoms in total. The molecule has 3 fully saturated rings. The maximum Gasteiger partial charge on any atom is 0.422 e. The summed E-state index contributed by atoms with van der Waals surface area (Å²) in [5.41, 5.74) is -6.12. The minimum atomic E-state index is -4.47. The molecule has 0 amide bonds. The third-order valence-corrected chi connectivity index (χ3v) is 7.26. The van der Waals surface area contributed by atoms with E-state index in [9.17, 15) is 27.1 Å². The Balaban J connectivity index is 1.28. The molecule has 3 aliphatic rings. The van der Waals surface area contributed by atoms with Crippen LogP contribution in [0.2, 0.25) is 0 Å². The SMILES string of the molecule is O[C@](Cn1cnnn1)(c1ccc(F)cc1F)C(F)(F)C12CC(COc3ccc(OCC(F)(F)F)cc3)(C1)C2. The second-order valence-electron chi connectivity index (χ2n) is 10.0. The van der Waals surface area contributed by atoms with Gasteiger partial charge in [-0.25, -0.2) is 22.2 Å². The first kappa shape index (κ1) is 26.2. The van der Waals surface area contributed by atoms with Crippen molar-refractivity contribution < 1.29 is 45.3 Å². The summed E-state index contributed by atoms with van der Waals surface area (Å²) in [6, 6.07) is 7.41. The molecule has 204 valence electrons. The zero-order chi connectivity index (χ0) is 27.4. The van der Waals surface area contributed by atoms with Crippen LogP contribution in [0.4, 0.5) is 30.7 Å². The minimum Gasteiger partial charge on any atom is -0.493 e. The molecule has 6 rings (SSSR count). The fourth-order valence-corrected chi connectivity index (χ4v) is 5.62. The maximum absolute atomic E-state index is 16.1. The van der Waals surface area contributed by atoms with Crippen LogP contribution in [0.1, 0.15) is 24.8 Å². The highest BCUT2D eigenvalue weighted by Gasteiger charge is 2.82. The number of halogens is 7. The van der Waals surface area contributed by atoms with Gasteiger partial charge in [0, 0.05) is 22.5 Å². The molecule has 2 bridgehead atoms. The van der Waals surface area contributed by atoms with Crippen LogP contribution in [0, 0.1) is 22.5 Å². The van der Waals surface area contributed by atoms with E-state index in [2.05, 4.69) is 20.3 Å². The van der Waals surface area contributed by atoms with E-state index in [0.717, 1.165) is 23.1 Å². The third-order valence-electron chi connectivity index (χ3n) is 7.26. The first-order valence-corrected chi connectivity index (χ1v) is 11.5. The van der Waals surface area contributed by atoms with Gasteiger partial charge in [-0.05, 0) is 66.1 Å². The van der Waals surface area contributed by atoms with Gasteiger partial charge in [-0.15, -0.1) is 5.10 Å². The van der Waals surface area contributed by atoms with Crippen LogP contribution >= 0.6 is 0 Å². The van der Waals surface area contributed by atoms with E-state index in [1.807, 2.05) is 0 Å². The van der Waals surface area contributed by atoms with Gasteiger partial charge in [0.2, 0.25) is 0 Å². The first-order chi connectivity index (χ1) is 17.8. The van der Waals surface area contributed by atoms with Gasteiger partial charge in [-0.2, -0.15) is 13.2 Å². The smallest absolute Gasteiger partial charge is 0.422 e. The second-order valence-corrected chi connectivity index (χ2v) is 10.0. The second kappa shape index (κ2) is 8.82. The standard InChI is InChI=1S/C24H21F7N4O3/c25-15-1-6-18(19(26)7-15)22(36,11-35-14-32-33-34-35)24(30,31)21-8-20(9-21,10-21)12-37-16-2-4-17(5-3-16)38-13-23(27,28)29/h1-7,14,36H,8-13H2/t20?,21?,22-/m1/s1. The largest absolute Gasteiger partial charge is 0.493 e. The number of nitrogens with zero attached hydrogens (tertiary/aromatic N) is 4. The highest BCUT2D eigenvalue weighted by molar-refractivity contribution is 5.35. The molecule has 1 N–H and O–H groups in total. The summed E-state index contributed by atoms with van der Waals surface area (Å²) in [5, 5.41) is 21.6. The topological polar surface area (TPSA) is 82.3 Å². The zero-order valence-corrected chi connectivity index (χ0v) is 19.6. The summed E-state index contributed by atoms with van der Waals surface area (Å²) < 4.78 is 108. The fourth-order valence-electron chi connectivity index (χ4n) is 5.62. The molecule has 1 heterocycles. The van der Waals surface area contributed by atoms with Crippen LogP contribution in [0.25, 0.3) is 0 Å². The number of tetrazole rings is 1. The summed E-state index contributed by atoms with van der Waals surface area (Å²) in [7, 11) is 0. The van der Waals surface area contributed by atoms with E-state index in [1.165, 1.54) is 24.3 Å². The highest BCUT2D eigenvalue weighted by Crippen LogP contribution is 2.80. The Kier molecular flexibility index (Phi) is 6.08. The average Bonchev–Trinajstić information content (AvgIpc) is 3.28. The summed E-state index contributed by atoms with van der Waals surface area (Å²) in [6.45, 7) is -2.25. The monoisotopic (exact) mass is 546 g/mol. The first-order valence-electron chi connectivity index (χ1n) is 11.5. The molecule has 3 saturated carbocycles. The van der Waals surface area contributed by atoms with Crippen molar-refractivity contribution in [2.75, 3.05) is 13.2 Å². The van der Waals surface area contributed by atoms with Gasteiger partial charge in [-0.1, -0.05) is 0 Å². The number of alkyl halides is 5.